The number of amides is 1. The maximum atomic E-state index is 12.5. The molecule has 21 heavy (non-hydrogen) atoms. The van der Waals surface area contributed by atoms with Crippen LogP contribution in [-0.4, -0.2) is 15.3 Å². The summed E-state index contributed by atoms with van der Waals surface area (Å²) < 4.78 is 1.79. The fourth-order valence-corrected chi connectivity index (χ4v) is 2.48. The zero-order chi connectivity index (χ0) is 15.0. The van der Waals surface area contributed by atoms with Crippen LogP contribution < -0.4 is 5.32 Å². The largest absolute Gasteiger partial charge is 0.321 e. The van der Waals surface area contributed by atoms with E-state index in [-0.39, 0.29) is 5.91 Å². The van der Waals surface area contributed by atoms with Crippen LogP contribution >= 0.6 is 11.6 Å². The lowest BCUT2D eigenvalue weighted by Gasteiger charge is -2.06. The first-order valence-corrected chi connectivity index (χ1v) is 6.94. The molecule has 4 nitrogen and oxygen atoms in total. The lowest BCUT2D eigenvalue weighted by atomic mass is 10.2. The minimum atomic E-state index is -0.203. The molecule has 0 spiro atoms. The van der Waals surface area contributed by atoms with Crippen molar-refractivity contribution in [1.29, 1.82) is 0 Å². The minimum Gasteiger partial charge on any atom is -0.321 e. The number of aryl methyl sites for hydroxylation is 2. The fraction of sp³-hybridized carbons (Fsp3) is 0.125. The number of anilines is 1. The van der Waals surface area contributed by atoms with E-state index in [2.05, 4.69) is 10.3 Å². The highest BCUT2D eigenvalue weighted by Gasteiger charge is 2.16. The van der Waals surface area contributed by atoms with Gasteiger partial charge in [-0.1, -0.05) is 17.7 Å². The fourth-order valence-electron chi connectivity index (χ4n) is 2.29. The van der Waals surface area contributed by atoms with Gasteiger partial charge < -0.3 is 5.32 Å². The molecule has 106 valence electrons. The third-order valence-corrected chi connectivity index (χ3v) is 3.49. The quantitative estimate of drug-likeness (QED) is 0.781. The summed E-state index contributed by atoms with van der Waals surface area (Å²) in [6, 6.07) is 11.0. The number of carbonyl (C=O) groups excluding carboxylic acids is 1. The van der Waals surface area contributed by atoms with Crippen molar-refractivity contribution in [1.82, 2.24) is 9.38 Å². The number of nitrogens with zero attached hydrogens (tertiary/aromatic N) is 2. The summed E-state index contributed by atoms with van der Waals surface area (Å²) in [4.78, 5) is 16.9. The van der Waals surface area contributed by atoms with Crippen molar-refractivity contribution in [2.75, 3.05) is 5.32 Å². The number of aromatic nitrogens is 2. The number of hydrogen-bond donors (Lipinski definition) is 1. The van der Waals surface area contributed by atoms with Crippen LogP contribution in [-0.2, 0) is 0 Å². The van der Waals surface area contributed by atoms with Crippen LogP contribution in [0.1, 0.15) is 21.7 Å². The number of nitrogens with one attached hydrogen (secondary N) is 1. The van der Waals surface area contributed by atoms with Gasteiger partial charge in [0.15, 0.2) is 0 Å². The number of rotatable bonds is 2. The Morgan fingerprint density at radius 3 is 2.81 bits per heavy atom. The van der Waals surface area contributed by atoms with E-state index in [0.29, 0.717) is 22.1 Å². The molecule has 2 heterocycles. The van der Waals surface area contributed by atoms with Crippen molar-refractivity contribution < 1.29 is 4.79 Å². The molecule has 0 aliphatic carbocycles. The van der Waals surface area contributed by atoms with Gasteiger partial charge in [0.2, 0.25) is 0 Å². The maximum absolute atomic E-state index is 12.5. The SMILES string of the molecule is Cc1ccn2c(C(=O)Nc3cccc(Cl)c3)c(C)nc2c1. The molecular formula is C16H14ClN3O. The predicted molar refractivity (Wildman–Crippen MR) is 84.1 cm³/mol. The van der Waals surface area contributed by atoms with Gasteiger partial charge in [0, 0.05) is 16.9 Å². The van der Waals surface area contributed by atoms with Crippen LogP contribution in [0.15, 0.2) is 42.6 Å². The second-order valence-electron chi connectivity index (χ2n) is 4.94. The molecule has 0 fully saturated rings. The molecule has 0 radical (unpaired) electrons. The second-order valence-corrected chi connectivity index (χ2v) is 5.38. The molecule has 0 saturated heterocycles. The molecule has 1 aromatic carbocycles. The predicted octanol–water partition coefficient (Wildman–Crippen LogP) is 3.86. The topological polar surface area (TPSA) is 46.4 Å². The van der Waals surface area contributed by atoms with E-state index in [4.69, 9.17) is 11.6 Å². The van der Waals surface area contributed by atoms with Gasteiger partial charge in [-0.25, -0.2) is 4.98 Å². The van der Waals surface area contributed by atoms with Crippen LogP contribution in [0.3, 0.4) is 0 Å². The van der Waals surface area contributed by atoms with Gasteiger partial charge in [0.25, 0.3) is 5.91 Å². The van der Waals surface area contributed by atoms with Crippen molar-refractivity contribution in [2.24, 2.45) is 0 Å². The Morgan fingerprint density at radius 2 is 2.05 bits per heavy atom. The molecule has 0 unspecified atom stereocenters. The van der Waals surface area contributed by atoms with Gasteiger partial charge in [-0.3, -0.25) is 9.20 Å². The highest BCUT2D eigenvalue weighted by atomic mass is 35.5. The summed E-state index contributed by atoms with van der Waals surface area (Å²) in [5.41, 5.74) is 3.76. The molecule has 0 aliphatic heterocycles. The Kier molecular flexibility index (Phi) is 3.39. The lowest BCUT2D eigenvalue weighted by molar-refractivity contribution is 0.102. The average molecular weight is 300 g/mol. The molecule has 0 atom stereocenters. The van der Waals surface area contributed by atoms with Crippen LogP contribution in [0.2, 0.25) is 5.02 Å². The molecule has 3 aromatic rings. The Morgan fingerprint density at radius 1 is 1.24 bits per heavy atom. The van der Waals surface area contributed by atoms with E-state index >= 15 is 0 Å². The first-order valence-electron chi connectivity index (χ1n) is 6.57. The van der Waals surface area contributed by atoms with Gasteiger partial charge in [-0.2, -0.15) is 0 Å². The summed E-state index contributed by atoms with van der Waals surface area (Å²) in [6.45, 7) is 3.82. The van der Waals surface area contributed by atoms with E-state index in [0.717, 1.165) is 11.2 Å². The molecule has 0 aliphatic rings. The van der Waals surface area contributed by atoms with E-state index in [9.17, 15) is 4.79 Å². The summed E-state index contributed by atoms with van der Waals surface area (Å²) >= 11 is 5.93. The maximum Gasteiger partial charge on any atom is 0.274 e. The molecule has 5 heteroatoms. The Hall–Kier alpha value is -2.33. The van der Waals surface area contributed by atoms with Crippen LogP contribution in [0.25, 0.3) is 5.65 Å². The third kappa shape index (κ3) is 2.62. The highest BCUT2D eigenvalue weighted by Crippen LogP contribution is 2.18. The van der Waals surface area contributed by atoms with Crippen LogP contribution in [0.4, 0.5) is 5.69 Å². The summed E-state index contributed by atoms with van der Waals surface area (Å²) in [6.07, 6.45) is 1.86. The number of pyridine rings is 1. The number of hydrogen-bond acceptors (Lipinski definition) is 2. The summed E-state index contributed by atoms with van der Waals surface area (Å²) in [5, 5.41) is 3.43. The molecule has 0 bridgehead atoms. The smallest absolute Gasteiger partial charge is 0.274 e. The van der Waals surface area contributed by atoms with Crippen LogP contribution in [0.5, 0.6) is 0 Å². The van der Waals surface area contributed by atoms with E-state index in [1.54, 1.807) is 28.7 Å². The van der Waals surface area contributed by atoms with Gasteiger partial charge in [0.1, 0.15) is 11.3 Å². The number of imidazole rings is 1. The van der Waals surface area contributed by atoms with Crippen molar-refractivity contribution in [3.05, 3.63) is 64.6 Å². The molecule has 0 saturated carbocycles. The second kappa shape index (κ2) is 5.22. The molecule has 3 rings (SSSR count). The Bertz CT molecular complexity index is 839. The highest BCUT2D eigenvalue weighted by molar-refractivity contribution is 6.30. The van der Waals surface area contributed by atoms with Crippen molar-refractivity contribution in [3.63, 3.8) is 0 Å². The van der Waals surface area contributed by atoms with Gasteiger partial charge in [0.05, 0.1) is 5.69 Å². The van der Waals surface area contributed by atoms with E-state index < -0.39 is 0 Å². The summed E-state index contributed by atoms with van der Waals surface area (Å²) in [7, 11) is 0. The Balaban J connectivity index is 2.00. The first kappa shape index (κ1) is 13.6. The number of benzene rings is 1. The molecular weight excluding hydrogens is 286 g/mol. The zero-order valence-corrected chi connectivity index (χ0v) is 12.5. The van der Waals surface area contributed by atoms with Crippen molar-refractivity contribution >= 4 is 28.8 Å². The lowest BCUT2D eigenvalue weighted by Crippen LogP contribution is -2.15. The summed E-state index contributed by atoms with van der Waals surface area (Å²) in [5.74, 6) is -0.203. The Labute approximate surface area is 127 Å². The van der Waals surface area contributed by atoms with Crippen LogP contribution in [0, 0.1) is 13.8 Å². The normalized spacial score (nSPS) is 10.8. The van der Waals surface area contributed by atoms with Gasteiger partial charge >= 0.3 is 0 Å². The first-order chi connectivity index (χ1) is 10.0. The van der Waals surface area contributed by atoms with Crippen molar-refractivity contribution in [3.8, 4) is 0 Å². The molecule has 2 aromatic heterocycles. The van der Waals surface area contributed by atoms with Gasteiger partial charge in [-0.05, 0) is 49.7 Å². The van der Waals surface area contributed by atoms with E-state index in [1.165, 1.54) is 0 Å². The standard InChI is InChI=1S/C16H14ClN3O/c1-10-6-7-20-14(8-10)18-11(2)15(20)16(21)19-13-5-3-4-12(17)9-13/h3-9H,1-2H3,(H,19,21). The number of halogens is 1. The zero-order valence-electron chi connectivity index (χ0n) is 11.7. The number of carbonyl (C=O) groups is 1. The molecule has 1 amide bonds. The average Bonchev–Trinajstić information content (AvgIpc) is 2.73. The minimum absolute atomic E-state index is 0.203. The van der Waals surface area contributed by atoms with E-state index in [1.807, 2.05) is 32.2 Å². The van der Waals surface area contributed by atoms with Gasteiger partial charge in [-0.15, -0.1) is 0 Å². The third-order valence-electron chi connectivity index (χ3n) is 3.25. The molecule has 1 N–H and O–H groups in total. The monoisotopic (exact) mass is 299 g/mol. The van der Waals surface area contributed by atoms with Crippen molar-refractivity contribution in [2.45, 2.75) is 13.8 Å². The number of fused-ring (bicyclic) bond motifs is 1.